The zero-order valence-corrected chi connectivity index (χ0v) is 11.6. The van der Waals surface area contributed by atoms with Gasteiger partial charge in [-0.1, -0.05) is 63.3 Å². The number of aliphatic hydroxyl groups is 1. The maximum Gasteiger partial charge on any atom is 0.0790 e. The summed E-state index contributed by atoms with van der Waals surface area (Å²) in [4.78, 5) is 0. The average Bonchev–Trinajstić information content (AvgIpc) is 2.46. The maximum atomic E-state index is 10.3. The van der Waals surface area contributed by atoms with Gasteiger partial charge in [-0.2, -0.15) is 0 Å². The van der Waals surface area contributed by atoms with Crippen LogP contribution in [0.15, 0.2) is 24.3 Å². The van der Waals surface area contributed by atoms with Crippen LogP contribution in [-0.4, -0.2) is 5.11 Å². The predicted molar refractivity (Wildman–Crippen MR) is 76.6 cm³/mol. The van der Waals surface area contributed by atoms with Crippen molar-refractivity contribution in [2.45, 2.75) is 64.4 Å². The lowest BCUT2D eigenvalue weighted by Crippen LogP contribution is -2.08. The normalized spacial score (nSPS) is 18.8. The fraction of sp³-hybridized carbons (Fsp3) is 0.647. The second kappa shape index (κ2) is 6.94. The highest BCUT2D eigenvalue weighted by Crippen LogP contribution is 2.30. The lowest BCUT2D eigenvalue weighted by Gasteiger charge is -2.22. The Kier molecular flexibility index (Phi) is 5.25. The monoisotopic (exact) mass is 246 g/mol. The molecule has 0 bridgehead atoms. The molecule has 1 nitrogen and oxygen atoms in total. The first-order valence-electron chi connectivity index (χ1n) is 7.56. The van der Waals surface area contributed by atoms with Crippen LogP contribution < -0.4 is 0 Å². The smallest absolute Gasteiger partial charge is 0.0790 e. The zero-order valence-electron chi connectivity index (χ0n) is 11.6. The molecule has 0 saturated heterocycles. The molecule has 0 heterocycles. The molecule has 0 aliphatic heterocycles. The van der Waals surface area contributed by atoms with E-state index in [2.05, 4.69) is 31.2 Å². The van der Waals surface area contributed by atoms with Crippen molar-refractivity contribution in [1.82, 2.24) is 0 Å². The van der Waals surface area contributed by atoms with Gasteiger partial charge in [0.2, 0.25) is 0 Å². The van der Waals surface area contributed by atoms with Crippen molar-refractivity contribution in [3.05, 3.63) is 35.4 Å². The van der Waals surface area contributed by atoms with E-state index < -0.39 is 0 Å². The van der Waals surface area contributed by atoms with E-state index in [1.165, 1.54) is 44.1 Å². The molecule has 0 aromatic heterocycles. The van der Waals surface area contributed by atoms with Crippen molar-refractivity contribution in [1.29, 1.82) is 0 Å². The van der Waals surface area contributed by atoms with E-state index in [0.717, 1.165) is 24.3 Å². The molecule has 1 N–H and O–H groups in total. The van der Waals surface area contributed by atoms with Gasteiger partial charge in [-0.25, -0.2) is 0 Å². The highest BCUT2D eigenvalue weighted by molar-refractivity contribution is 5.25. The second-order valence-corrected chi connectivity index (χ2v) is 5.70. The van der Waals surface area contributed by atoms with Crippen LogP contribution in [0.4, 0.5) is 0 Å². The van der Waals surface area contributed by atoms with Crippen LogP contribution in [-0.2, 0) is 6.42 Å². The van der Waals surface area contributed by atoms with E-state index in [4.69, 9.17) is 0 Å². The molecule has 1 fully saturated rings. The third kappa shape index (κ3) is 3.84. The summed E-state index contributed by atoms with van der Waals surface area (Å²) in [5.74, 6) is 0.864. The first kappa shape index (κ1) is 13.6. The van der Waals surface area contributed by atoms with Gasteiger partial charge in [0.25, 0.3) is 0 Å². The van der Waals surface area contributed by atoms with E-state index in [9.17, 15) is 5.11 Å². The standard InChI is InChI=1S/C17H26O/c1-2-14-9-6-10-16(13-14)17(18)12-11-15-7-4-3-5-8-15/h6,9-10,13,15,17-18H,2-5,7-8,11-12H2,1H3. The Balaban J connectivity index is 1.84. The van der Waals surface area contributed by atoms with E-state index in [1.807, 2.05) is 0 Å². The van der Waals surface area contributed by atoms with Crippen LogP contribution in [0.2, 0.25) is 0 Å². The number of benzene rings is 1. The van der Waals surface area contributed by atoms with Gasteiger partial charge in [-0.15, -0.1) is 0 Å². The number of rotatable bonds is 5. The minimum absolute atomic E-state index is 0.265. The van der Waals surface area contributed by atoms with Crippen molar-refractivity contribution in [3.8, 4) is 0 Å². The van der Waals surface area contributed by atoms with Crippen molar-refractivity contribution in [2.75, 3.05) is 0 Å². The van der Waals surface area contributed by atoms with E-state index in [0.29, 0.717) is 0 Å². The lowest BCUT2D eigenvalue weighted by atomic mass is 9.85. The Bertz CT molecular complexity index is 352. The molecule has 1 aromatic rings. The molecule has 1 unspecified atom stereocenters. The van der Waals surface area contributed by atoms with Crippen molar-refractivity contribution >= 4 is 0 Å². The Morgan fingerprint density at radius 1 is 1.22 bits per heavy atom. The Hall–Kier alpha value is -0.820. The van der Waals surface area contributed by atoms with Crippen LogP contribution in [0, 0.1) is 5.92 Å². The quantitative estimate of drug-likeness (QED) is 0.802. The SMILES string of the molecule is CCc1cccc(C(O)CCC2CCCCC2)c1. The van der Waals surface area contributed by atoms with Crippen molar-refractivity contribution in [2.24, 2.45) is 5.92 Å². The first-order valence-corrected chi connectivity index (χ1v) is 7.56. The third-order valence-corrected chi connectivity index (χ3v) is 4.32. The maximum absolute atomic E-state index is 10.3. The Labute approximate surface area is 111 Å². The highest BCUT2D eigenvalue weighted by Gasteiger charge is 2.16. The zero-order chi connectivity index (χ0) is 12.8. The van der Waals surface area contributed by atoms with Crippen LogP contribution >= 0.6 is 0 Å². The number of aryl methyl sites for hydroxylation is 1. The highest BCUT2D eigenvalue weighted by atomic mass is 16.3. The van der Waals surface area contributed by atoms with Gasteiger partial charge in [-0.3, -0.25) is 0 Å². The van der Waals surface area contributed by atoms with Gasteiger partial charge in [0.15, 0.2) is 0 Å². The van der Waals surface area contributed by atoms with Gasteiger partial charge in [0, 0.05) is 0 Å². The predicted octanol–water partition coefficient (Wildman–Crippen LogP) is 4.64. The van der Waals surface area contributed by atoms with E-state index >= 15 is 0 Å². The van der Waals surface area contributed by atoms with E-state index in [-0.39, 0.29) is 6.10 Å². The molecule has 1 heteroatoms. The van der Waals surface area contributed by atoms with Gasteiger partial charge >= 0.3 is 0 Å². The molecule has 0 radical (unpaired) electrons. The molecule has 1 aliphatic rings. The van der Waals surface area contributed by atoms with Crippen LogP contribution in [0.25, 0.3) is 0 Å². The second-order valence-electron chi connectivity index (χ2n) is 5.70. The molecular weight excluding hydrogens is 220 g/mol. The average molecular weight is 246 g/mol. The van der Waals surface area contributed by atoms with Gasteiger partial charge < -0.3 is 5.11 Å². The molecule has 0 amide bonds. The van der Waals surface area contributed by atoms with Crippen LogP contribution in [0.3, 0.4) is 0 Å². The van der Waals surface area contributed by atoms with Crippen molar-refractivity contribution < 1.29 is 5.11 Å². The van der Waals surface area contributed by atoms with Gasteiger partial charge in [-0.05, 0) is 36.3 Å². The first-order chi connectivity index (χ1) is 8.79. The Morgan fingerprint density at radius 3 is 2.72 bits per heavy atom. The lowest BCUT2D eigenvalue weighted by molar-refractivity contribution is 0.151. The minimum atomic E-state index is -0.265. The summed E-state index contributed by atoms with van der Waals surface area (Å²) in [7, 11) is 0. The molecule has 2 rings (SSSR count). The van der Waals surface area contributed by atoms with Gasteiger partial charge in [0.1, 0.15) is 0 Å². The molecule has 1 aliphatic carbocycles. The minimum Gasteiger partial charge on any atom is -0.388 e. The topological polar surface area (TPSA) is 20.2 Å². The largest absolute Gasteiger partial charge is 0.388 e. The summed E-state index contributed by atoms with van der Waals surface area (Å²) in [5, 5.41) is 10.3. The molecular formula is C17H26O. The summed E-state index contributed by atoms with van der Waals surface area (Å²) in [6, 6.07) is 8.42. The van der Waals surface area contributed by atoms with Gasteiger partial charge in [0.05, 0.1) is 6.10 Å². The fourth-order valence-corrected chi connectivity index (χ4v) is 3.06. The number of aliphatic hydroxyl groups excluding tert-OH is 1. The summed E-state index contributed by atoms with van der Waals surface area (Å²) in [6.07, 6.45) is 9.86. The fourth-order valence-electron chi connectivity index (χ4n) is 3.06. The molecule has 18 heavy (non-hydrogen) atoms. The summed E-state index contributed by atoms with van der Waals surface area (Å²) in [5.41, 5.74) is 2.43. The van der Waals surface area contributed by atoms with Crippen molar-refractivity contribution in [3.63, 3.8) is 0 Å². The van der Waals surface area contributed by atoms with Crippen LogP contribution in [0.5, 0.6) is 0 Å². The van der Waals surface area contributed by atoms with E-state index in [1.54, 1.807) is 0 Å². The molecule has 100 valence electrons. The molecule has 1 saturated carbocycles. The molecule has 1 aromatic carbocycles. The summed E-state index contributed by atoms with van der Waals surface area (Å²) >= 11 is 0. The number of hydrogen-bond acceptors (Lipinski definition) is 1. The Morgan fingerprint density at radius 2 is 2.00 bits per heavy atom. The molecule has 1 atom stereocenters. The third-order valence-electron chi connectivity index (χ3n) is 4.32. The van der Waals surface area contributed by atoms with Crippen LogP contribution in [0.1, 0.15) is 69.1 Å². The summed E-state index contributed by atoms with van der Waals surface area (Å²) < 4.78 is 0. The number of hydrogen-bond donors (Lipinski definition) is 1. The molecule has 0 spiro atoms. The summed E-state index contributed by atoms with van der Waals surface area (Å²) in [6.45, 7) is 2.16.